The second-order valence-electron chi connectivity index (χ2n) is 4.34. The van der Waals surface area contributed by atoms with Gasteiger partial charge in [-0.15, -0.1) is 11.3 Å². The summed E-state index contributed by atoms with van der Waals surface area (Å²) in [4.78, 5) is 17.5. The predicted molar refractivity (Wildman–Crippen MR) is 78.2 cm³/mol. The van der Waals surface area contributed by atoms with E-state index in [1.807, 2.05) is 31.4 Å². The van der Waals surface area contributed by atoms with Crippen LogP contribution in [0.3, 0.4) is 0 Å². The van der Waals surface area contributed by atoms with Gasteiger partial charge in [-0.3, -0.25) is 4.79 Å². The molecule has 5 heteroatoms. The van der Waals surface area contributed by atoms with Crippen molar-refractivity contribution in [1.29, 1.82) is 0 Å². The summed E-state index contributed by atoms with van der Waals surface area (Å²) in [6.45, 7) is 3.95. The molecule has 19 heavy (non-hydrogen) atoms. The quantitative estimate of drug-likeness (QED) is 0.901. The number of hydrogen-bond donors (Lipinski definition) is 2. The monoisotopic (exact) mass is 275 g/mol. The minimum absolute atomic E-state index is 0.00744. The Kier molecular flexibility index (Phi) is 4.16. The van der Waals surface area contributed by atoms with Crippen LogP contribution in [0, 0.1) is 0 Å². The highest BCUT2D eigenvalue weighted by Crippen LogP contribution is 2.19. The molecular formula is C14H17N3OS. The van der Waals surface area contributed by atoms with Crippen molar-refractivity contribution in [1.82, 2.24) is 10.3 Å². The standard InChI is InChI=1S/C14H17N3OS/c1-3-11-7-10(8-13(15)17-11)14(18)16-9(2)12-5-4-6-19-12/h4-9H,3H2,1-2H3,(H2,15,17)(H,16,18). The van der Waals surface area contributed by atoms with Crippen molar-refractivity contribution in [2.45, 2.75) is 26.3 Å². The molecule has 2 rings (SSSR count). The van der Waals surface area contributed by atoms with Gasteiger partial charge in [0.2, 0.25) is 0 Å². The van der Waals surface area contributed by atoms with E-state index in [1.165, 1.54) is 0 Å². The van der Waals surface area contributed by atoms with Crippen molar-refractivity contribution in [2.24, 2.45) is 0 Å². The summed E-state index contributed by atoms with van der Waals surface area (Å²) >= 11 is 1.63. The van der Waals surface area contributed by atoms with Crippen LogP contribution in [-0.4, -0.2) is 10.9 Å². The third-order valence-corrected chi connectivity index (χ3v) is 3.90. The Hall–Kier alpha value is -1.88. The molecule has 3 N–H and O–H groups in total. The van der Waals surface area contributed by atoms with E-state index in [9.17, 15) is 4.79 Å². The summed E-state index contributed by atoms with van der Waals surface area (Å²) in [5.41, 5.74) is 7.10. The molecule has 2 heterocycles. The number of carbonyl (C=O) groups is 1. The van der Waals surface area contributed by atoms with Gasteiger partial charge in [0.1, 0.15) is 5.82 Å². The lowest BCUT2D eigenvalue weighted by Crippen LogP contribution is -2.26. The highest BCUT2D eigenvalue weighted by molar-refractivity contribution is 7.10. The Morgan fingerprint density at radius 2 is 2.32 bits per heavy atom. The molecule has 1 amide bonds. The largest absolute Gasteiger partial charge is 0.384 e. The number of nitrogens with zero attached hydrogens (tertiary/aromatic N) is 1. The van der Waals surface area contributed by atoms with Gasteiger partial charge >= 0.3 is 0 Å². The topological polar surface area (TPSA) is 68.0 Å². The zero-order valence-corrected chi connectivity index (χ0v) is 11.8. The van der Waals surface area contributed by atoms with Crippen molar-refractivity contribution < 1.29 is 4.79 Å². The SMILES string of the molecule is CCc1cc(C(=O)NC(C)c2cccs2)cc(N)n1. The van der Waals surface area contributed by atoms with Gasteiger partial charge in [-0.1, -0.05) is 13.0 Å². The first-order valence-corrected chi connectivity index (χ1v) is 7.08. The number of anilines is 1. The Morgan fingerprint density at radius 1 is 1.53 bits per heavy atom. The van der Waals surface area contributed by atoms with Gasteiger partial charge in [0.05, 0.1) is 6.04 Å². The summed E-state index contributed by atoms with van der Waals surface area (Å²) < 4.78 is 0. The van der Waals surface area contributed by atoms with E-state index < -0.39 is 0 Å². The Morgan fingerprint density at radius 3 is 2.95 bits per heavy atom. The molecule has 0 aliphatic rings. The van der Waals surface area contributed by atoms with E-state index in [4.69, 9.17) is 5.73 Å². The number of aryl methyl sites for hydroxylation is 1. The van der Waals surface area contributed by atoms with Crippen molar-refractivity contribution in [3.05, 3.63) is 45.8 Å². The molecule has 0 radical (unpaired) electrons. The second-order valence-corrected chi connectivity index (χ2v) is 5.32. The summed E-state index contributed by atoms with van der Waals surface area (Å²) in [5, 5.41) is 4.96. The molecule has 0 aliphatic heterocycles. The van der Waals surface area contributed by atoms with E-state index in [-0.39, 0.29) is 11.9 Å². The molecule has 0 aliphatic carbocycles. The third-order valence-electron chi connectivity index (χ3n) is 2.84. The van der Waals surface area contributed by atoms with Crippen LogP contribution in [0.4, 0.5) is 5.82 Å². The number of carbonyl (C=O) groups excluding carboxylic acids is 1. The average Bonchev–Trinajstić information content (AvgIpc) is 2.91. The van der Waals surface area contributed by atoms with E-state index in [0.29, 0.717) is 11.4 Å². The molecule has 0 spiro atoms. The minimum atomic E-state index is -0.121. The molecular weight excluding hydrogens is 258 g/mol. The van der Waals surface area contributed by atoms with Crippen molar-refractivity contribution >= 4 is 23.1 Å². The molecule has 0 aromatic carbocycles. The Bertz CT molecular complexity index is 566. The fourth-order valence-electron chi connectivity index (χ4n) is 1.81. The molecule has 100 valence electrons. The minimum Gasteiger partial charge on any atom is -0.384 e. The fourth-order valence-corrected chi connectivity index (χ4v) is 2.55. The van der Waals surface area contributed by atoms with Crippen molar-refractivity contribution in [2.75, 3.05) is 5.73 Å². The van der Waals surface area contributed by atoms with Gasteiger partial charge in [-0.25, -0.2) is 4.98 Å². The normalized spacial score (nSPS) is 12.1. The van der Waals surface area contributed by atoms with E-state index >= 15 is 0 Å². The van der Waals surface area contributed by atoms with Crippen LogP contribution in [0.15, 0.2) is 29.6 Å². The first kappa shape index (κ1) is 13.5. The van der Waals surface area contributed by atoms with Crippen LogP contribution < -0.4 is 11.1 Å². The maximum Gasteiger partial charge on any atom is 0.251 e. The average molecular weight is 275 g/mol. The van der Waals surface area contributed by atoms with Gasteiger partial charge < -0.3 is 11.1 Å². The molecule has 0 fully saturated rings. The number of pyridine rings is 1. The smallest absolute Gasteiger partial charge is 0.251 e. The van der Waals surface area contributed by atoms with Crippen LogP contribution >= 0.6 is 11.3 Å². The number of aromatic nitrogens is 1. The van der Waals surface area contributed by atoms with Crippen LogP contribution in [0.2, 0.25) is 0 Å². The third kappa shape index (κ3) is 3.32. The number of thiophene rings is 1. The van der Waals surface area contributed by atoms with E-state index in [2.05, 4.69) is 10.3 Å². The van der Waals surface area contributed by atoms with Gasteiger partial charge in [-0.2, -0.15) is 0 Å². The lowest BCUT2D eigenvalue weighted by molar-refractivity contribution is 0.0940. The molecule has 4 nitrogen and oxygen atoms in total. The number of nitrogens with two attached hydrogens (primary N) is 1. The molecule has 0 saturated heterocycles. The highest BCUT2D eigenvalue weighted by Gasteiger charge is 2.13. The first-order chi connectivity index (χ1) is 9.10. The zero-order valence-electron chi connectivity index (χ0n) is 11.0. The highest BCUT2D eigenvalue weighted by atomic mass is 32.1. The molecule has 0 bridgehead atoms. The Balaban J connectivity index is 2.13. The van der Waals surface area contributed by atoms with Crippen LogP contribution in [0.1, 0.15) is 40.8 Å². The lowest BCUT2D eigenvalue weighted by atomic mass is 10.1. The molecule has 0 saturated carbocycles. The van der Waals surface area contributed by atoms with Gasteiger partial charge in [0.15, 0.2) is 0 Å². The number of rotatable bonds is 4. The molecule has 1 atom stereocenters. The number of amides is 1. The molecule has 2 aromatic heterocycles. The summed E-state index contributed by atoms with van der Waals surface area (Å²) in [5.74, 6) is 0.262. The van der Waals surface area contributed by atoms with E-state index in [0.717, 1.165) is 17.0 Å². The van der Waals surface area contributed by atoms with Gasteiger partial charge in [-0.05, 0) is 36.9 Å². The van der Waals surface area contributed by atoms with Crippen LogP contribution in [0.25, 0.3) is 0 Å². The molecule has 1 unspecified atom stereocenters. The summed E-state index contributed by atoms with van der Waals surface area (Å²) in [6, 6.07) is 7.37. The predicted octanol–water partition coefficient (Wildman–Crippen LogP) is 2.78. The summed E-state index contributed by atoms with van der Waals surface area (Å²) in [7, 11) is 0. The van der Waals surface area contributed by atoms with Crippen LogP contribution in [0.5, 0.6) is 0 Å². The second kappa shape index (κ2) is 5.84. The zero-order chi connectivity index (χ0) is 13.8. The first-order valence-electron chi connectivity index (χ1n) is 6.21. The van der Waals surface area contributed by atoms with E-state index in [1.54, 1.807) is 23.5 Å². The van der Waals surface area contributed by atoms with Crippen molar-refractivity contribution in [3.8, 4) is 0 Å². The van der Waals surface area contributed by atoms with Crippen molar-refractivity contribution in [3.63, 3.8) is 0 Å². The van der Waals surface area contributed by atoms with Gasteiger partial charge in [0.25, 0.3) is 5.91 Å². The van der Waals surface area contributed by atoms with Gasteiger partial charge in [0, 0.05) is 16.1 Å². The number of nitrogen functional groups attached to an aromatic ring is 1. The molecule has 2 aromatic rings. The number of hydrogen-bond acceptors (Lipinski definition) is 4. The van der Waals surface area contributed by atoms with Crippen LogP contribution in [-0.2, 0) is 6.42 Å². The maximum absolute atomic E-state index is 12.2. The number of nitrogens with one attached hydrogen (secondary N) is 1. The fraction of sp³-hybridized carbons (Fsp3) is 0.286. The summed E-state index contributed by atoms with van der Waals surface area (Å²) in [6.07, 6.45) is 0.756. The lowest BCUT2D eigenvalue weighted by Gasteiger charge is -2.13. The maximum atomic E-state index is 12.2. The Labute approximate surface area is 116 Å².